The van der Waals surface area contributed by atoms with Gasteiger partial charge in [0.25, 0.3) is 0 Å². The fourth-order valence-corrected chi connectivity index (χ4v) is 9.20. The third-order valence-electron chi connectivity index (χ3n) is 10.8. The monoisotopic (exact) mass is 360 g/mol. The van der Waals surface area contributed by atoms with Crippen LogP contribution in [0.1, 0.15) is 98.3 Å². The summed E-state index contributed by atoms with van der Waals surface area (Å²) in [6.45, 7) is 10.5. The summed E-state index contributed by atoms with van der Waals surface area (Å²) in [4.78, 5) is 0. The molecule has 0 heterocycles. The minimum atomic E-state index is 0.390. The molecule has 0 aromatic rings. The molecule has 0 bridgehead atoms. The summed E-state index contributed by atoms with van der Waals surface area (Å²) in [5.74, 6) is 6.11. The molecule has 150 valence electrons. The second kappa shape index (κ2) is 7.09. The van der Waals surface area contributed by atoms with Crippen molar-refractivity contribution in [1.82, 2.24) is 0 Å². The molecule has 9 atom stereocenters. The number of hydrogen-bond acceptors (Lipinski definition) is 1. The highest BCUT2D eigenvalue weighted by molar-refractivity contribution is 5.09. The van der Waals surface area contributed by atoms with E-state index in [1.807, 2.05) is 0 Å². The molecule has 4 aliphatic rings. The van der Waals surface area contributed by atoms with Crippen LogP contribution in [0.25, 0.3) is 0 Å². The minimum absolute atomic E-state index is 0.390. The van der Waals surface area contributed by atoms with E-state index in [4.69, 9.17) is 0 Å². The third-order valence-corrected chi connectivity index (χ3v) is 10.8. The fourth-order valence-electron chi connectivity index (χ4n) is 9.20. The van der Waals surface area contributed by atoms with Crippen molar-refractivity contribution in [3.8, 4) is 0 Å². The Bertz CT molecular complexity index is 496. The molecule has 0 aromatic carbocycles. The van der Waals surface area contributed by atoms with E-state index in [-0.39, 0.29) is 0 Å². The zero-order valence-electron chi connectivity index (χ0n) is 18.0. The van der Waals surface area contributed by atoms with Crippen LogP contribution in [-0.2, 0) is 0 Å². The van der Waals surface area contributed by atoms with Crippen molar-refractivity contribution >= 4 is 0 Å². The molecule has 2 unspecified atom stereocenters. The Hall–Kier alpha value is -0.0400. The number of hydrogen-bond donors (Lipinski definition) is 1. The SMILES string of the molecule is CCC(CO)[C@@H](C)[C@H]1CC[C@H]2[C@@H]3CCC4CCCC[C@]4(C)[C@H]3CC[C@]12C. The molecule has 26 heavy (non-hydrogen) atoms. The van der Waals surface area contributed by atoms with Gasteiger partial charge < -0.3 is 5.11 Å². The summed E-state index contributed by atoms with van der Waals surface area (Å²) in [5, 5.41) is 9.89. The highest BCUT2D eigenvalue weighted by Crippen LogP contribution is 2.68. The Morgan fingerprint density at radius 1 is 0.885 bits per heavy atom. The summed E-state index contributed by atoms with van der Waals surface area (Å²) < 4.78 is 0. The first-order chi connectivity index (χ1) is 12.5. The molecule has 0 spiro atoms. The van der Waals surface area contributed by atoms with Crippen LogP contribution in [0.5, 0.6) is 0 Å². The molecule has 0 aliphatic heterocycles. The minimum Gasteiger partial charge on any atom is -0.396 e. The van der Waals surface area contributed by atoms with Gasteiger partial charge in [-0.05, 0) is 104 Å². The second-order valence-electron chi connectivity index (χ2n) is 11.3. The molecule has 0 aromatic heterocycles. The van der Waals surface area contributed by atoms with Gasteiger partial charge in [0.1, 0.15) is 0 Å². The second-order valence-corrected chi connectivity index (χ2v) is 11.3. The molecular weight excluding hydrogens is 316 g/mol. The van der Waals surface area contributed by atoms with E-state index in [0.717, 1.165) is 36.0 Å². The smallest absolute Gasteiger partial charge is 0.0461 e. The highest BCUT2D eigenvalue weighted by atomic mass is 16.3. The average molecular weight is 361 g/mol. The predicted octanol–water partition coefficient (Wildman–Crippen LogP) is 6.69. The maximum Gasteiger partial charge on any atom is 0.0461 e. The van der Waals surface area contributed by atoms with Crippen molar-refractivity contribution < 1.29 is 5.11 Å². The van der Waals surface area contributed by atoms with Crippen LogP contribution in [0.3, 0.4) is 0 Å². The van der Waals surface area contributed by atoms with E-state index < -0.39 is 0 Å². The molecule has 4 rings (SSSR count). The predicted molar refractivity (Wildman–Crippen MR) is 110 cm³/mol. The lowest BCUT2D eigenvalue weighted by Crippen LogP contribution is -2.53. The fraction of sp³-hybridized carbons (Fsp3) is 1.00. The summed E-state index contributed by atoms with van der Waals surface area (Å²) in [5.41, 5.74) is 1.23. The normalized spacial score (nSPS) is 50.4. The van der Waals surface area contributed by atoms with Gasteiger partial charge in [0.2, 0.25) is 0 Å². The topological polar surface area (TPSA) is 20.2 Å². The van der Waals surface area contributed by atoms with E-state index in [0.29, 0.717) is 29.3 Å². The molecule has 1 nitrogen and oxygen atoms in total. The quantitative estimate of drug-likeness (QED) is 0.592. The maximum absolute atomic E-state index is 9.89. The Morgan fingerprint density at radius 3 is 2.38 bits per heavy atom. The largest absolute Gasteiger partial charge is 0.396 e. The highest BCUT2D eigenvalue weighted by Gasteiger charge is 2.60. The van der Waals surface area contributed by atoms with Crippen molar-refractivity contribution in [3.05, 3.63) is 0 Å². The van der Waals surface area contributed by atoms with Crippen LogP contribution in [0, 0.1) is 52.3 Å². The maximum atomic E-state index is 9.89. The van der Waals surface area contributed by atoms with Crippen molar-refractivity contribution in [1.29, 1.82) is 0 Å². The Balaban J connectivity index is 1.56. The molecule has 4 saturated carbocycles. The van der Waals surface area contributed by atoms with Crippen LogP contribution in [0.4, 0.5) is 0 Å². The van der Waals surface area contributed by atoms with Gasteiger partial charge in [0.15, 0.2) is 0 Å². The van der Waals surface area contributed by atoms with Crippen LogP contribution in [0.15, 0.2) is 0 Å². The molecule has 4 fully saturated rings. The van der Waals surface area contributed by atoms with Gasteiger partial charge in [-0.15, -0.1) is 0 Å². The summed E-state index contributed by atoms with van der Waals surface area (Å²) in [6.07, 6.45) is 16.1. The van der Waals surface area contributed by atoms with Crippen LogP contribution in [0.2, 0.25) is 0 Å². The number of aliphatic hydroxyl groups is 1. The summed E-state index contributed by atoms with van der Waals surface area (Å²) in [7, 11) is 0. The number of fused-ring (bicyclic) bond motifs is 5. The summed E-state index contributed by atoms with van der Waals surface area (Å²) >= 11 is 0. The first kappa shape index (κ1) is 19.3. The molecule has 0 radical (unpaired) electrons. The van der Waals surface area contributed by atoms with E-state index in [1.165, 1.54) is 64.2 Å². The van der Waals surface area contributed by atoms with Crippen molar-refractivity contribution in [2.24, 2.45) is 52.3 Å². The van der Waals surface area contributed by atoms with Crippen LogP contribution < -0.4 is 0 Å². The first-order valence-electron chi connectivity index (χ1n) is 12.1. The lowest BCUT2D eigenvalue weighted by molar-refractivity contribution is -0.116. The van der Waals surface area contributed by atoms with E-state index in [2.05, 4.69) is 27.7 Å². The lowest BCUT2D eigenvalue weighted by Gasteiger charge is -2.61. The van der Waals surface area contributed by atoms with Crippen molar-refractivity contribution in [2.75, 3.05) is 6.61 Å². The van der Waals surface area contributed by atoms with E-state index >= 15 is 0 Å². The number of aliphatic hydroxyl groups excluding tert-OH is 1. The average Bonchev–Trinajstić information content (AvgIpc) is 2.99. The van der Waals surface area contributed by atoms with Gasteiger partial charge in [0, 0.05) is 6.61 Å². The van der Waals surface area contributed by atoms with Gasteiger partial charge in [-0.3, -0.25) is 0 Å². The van der Waals surface area contributed by atoms with E-state index in [1.54, 1.807) is 0 Å². The van der Waals surface area contributed by atoms with Gasteiger partial charge in [-0.1, -0.05) is 47.0 Å². The zero-order valence-corrected chi connectivity index (χ0v) is 18.0. The van der Waals surface area contributed by atoms with Gasteiger partial charge in [-0.2, -0.15) is 0 Å². The van der Waals surface area contributed by atoms with Crippen LogP contribution >= 0.6 is 0 Å². The molecule has 0 saturated heterocycles. The van der Waals surface area contributed by atoms with Gasteiger partial charge >= 0.3 is 0 Å². The molecule has 1 heteroatoms. The van der Waals surface area contributed by atoms with Crippen molar-refractivity contribution in [3.63, 3.8) is 0 Å². The van der Waals surface area contributed by atoms with Crippen molar-refractivity contribution in [2.45, 2.75) is 98.3 Å². The molecular formula is C25H44O. The van der Waals surface area contributed by atoms with Gasteiger partial charge in [0.05, 0.1) is 0 Å². The standard InChI is InChI=1S/C25H44O/c1-5-18(16-26)17(2)21-11-12-22-20-10-9-19-8-6-7-14-24(19,3)23(20)13-15-25(21,22)4/h17-23,26H,5-16H2,1-4H3/t17-,18?,19?,20+,21-,22+,23+,24+,25-/m1/s1. The molecule has 4 aliphatic carbocycles. The Labute approximate surface area is 162 Å². The van der Waals surface area contributed by atoms with Gasteiger partial charge in [-0.25, -0.2) is 0 Å². The zero-order chi connectivity index (χ0) is 18.5. The Kier molecular flexibility index (Phi) is 5.26. The Morgan fingerprint density at radius 2 is 1.65 bits per heavy atom. The third kappa shape index (κ3) is 2.73. The lowest BCUT2D eigenvalue weighted by atomic mass is 9.44. The summed E-state index contributed by atoms with van der Waals surface area (Å²) in [6, 6.07) is 0. The first-order valence-corrected chi connectivity index (χ1v) is 12.1. The molecule has 1 N–H and O–H groups in total. The number of rotatable bonds is 4. The molecule has 0 amide bonds. The van der Waals surface area contributed by atoms with E-state index in [9.17, 15) is 5.11 Å². The van der Waals surface area contributed by atoms with Crippen LogP contribution in [-0.4, -0.2) is 11.7 Å².